The van der Waals surface area contributed by atoms with Crippen LogP contribution >= 0.6 is 27.3 Å². The van der Waals surface area contributed by atoms with Gasteiger partial charge in [-0.1, -0.05) is 12.1 Å². The normalized spacial score (nSPS) is 9.93. The molecule has 1 amide bonds. The van der Waals surface area contributed by atoms with E-state index in [-0.39, 0.29) is 5.91 Å². The number of carbonyl (C=O) groups excluding carboxylic acids is 1. The van der Waals surface area contributed by atoms with Crippen molar-refractivity contribution < 1.29 is 4.79 Å². The van der Waals surface area contributed by atoms with Crippen molar-refractivity contribution in [3.63, 3.8) is 0 Å². The summed E-state index contributed by atoms with van der Waals surface area (Å²) in [7, 11) is 0. The molecule has 15 heavy (non-hydrogen) atoms. The van der Waals surface area contributed by atoms with E-state index in [2.05, 4.69) is 26.2 Å². The fourth-order valence-electron chi connectivity index (χ4n) is 1.07. The Kier molecular flexibility index (Phi) is 3.13. The summed E-state index contributed by atoms with van der Waals surface area (Å²) in [6.45, 7) is 0. The molecule has 5 heteroatoms. The largest absolute Gasteiger partial charge is 0.320 e. The molecule has 0 atom stereocenters. The summed E-state index contributed by atoms with van der Waals surface area (Å²) in [4.78, 5) is 16.1. The third-order valence-corrected chi connectivity index (χ3v) is 3.24. The zero-order valence-electron chi connectivity index (χ0n) is 7.61. The molecule has 1 heterocycles. The van der Waals surface area contributed by atoms with Crippen LogP contribution in [-0.4, -0.2) is 10.9 Å². The minimum Gasteiger partial charge on any atom is -0.320 e. The second-order valence-corrected chi connectivity index (χ2v) is 4.54. The van der Waals surface area contributed by atoms with Gasteiger partial charge in [0.25, 0.3) is 5.91 Å². The maximum absolute atomic E-state index is 11.7. The fraction of sp³-hybridized carbons (Fsp3) is 0. The quantitative estimate of drug-likeness (QED) is 0.919. The Hall–Kier alpha value is -1.20. The predicted octanol–water partition coefficient (Wildman–Crippen LogP) is 3.16. The van der Waals surface area contributed by atoms with Gasteiger partial charge in [-0.15, -0.1) is 11.3 Å². The van der Waals surface area contributed by atoms with Gasteiger partial charge in [-0.05, 0) is 28.1 Å². The van der Waals surface area contributed by atoms with E-state index >= 15 is 0 Å². The molecule has 3 nitrogen and oxygen atoms in total. The lowest BCUT2D eigenvalue weighted by atomic mass is 10.3. The molecule has 2 aromatic rings. The van der Waals surface area contributed by atoms with Crippen molar-refractivity contribution in [1.82, 2.24) is 4.98 Å². The topological polar surface area (TPSA) is 42.0 Å². The lowest BCUT2D eigenvalue weighted by molar-refractivity contribution is 0.103. The number of anilines is 1. The third-order valence-electron chi connectivity index (χ3n) is 1.78. The molecule has 0 radical (unpaired) electrons. The van der Waals surface area contributed by atoms with Gasteiger partial charge in [0.2, 0.25) is 0 Å². The maximum Gasteiger partial charge on any atom is 0.267 e. The minimum absolute atomic E-state index is 0.135. The van der Waals surface area contributed by atoms with Crippen LogP contribution in [0.3, 0.4) is 0 Å². The number of hydrogen-bond donors (Lipinski definition) is 1. The Balaban J connectivity index is 2.17. The van der Waals surface area contributed by atoms with Gasteiger partial charge in [0, 0.05) is 4.47 Å². The van der Waals surface area contributed by atoms with Crippen LogP contribution in [0.25, 0.3) is 0 Å². The number of thiazole rings is 1. The van der Waals surface area contributed by atoms with Crippen LogP contribution in [0.4, 0.5) is 5.69 Å². The van der Waals surface area contributed by atoms with E-state index in [4.69, 9.17) is 0 Å². The van der Waals surface area contributed by atoms with Gasteiger partial charge in [-0.25, -0.2) is 0 Å². The first-order valence-electron chi connectivity index (χ1n) is 4.22. The van der Waals surface area contributed by atoms with Crippen molar-refractivity contribution in [2.75, 3.05) is 5.32 Å². The maximum atomic E-state index is 11.7. The van der Waals surface area contributed by atoms with E-state index in [9.17, 15) is 4.79 Å². The Bertz CT molecular complexity index is 470. The van der Waals surface area contributed by atoms with Gasteiger partial charge in [-0.3, -0.25) is 9.78 Å². The monoisotopic (exact) mass is 282 g/mol. The van der Waals surface area contributed by atoms with Gasteiger partial charge in [-0.2, -0.15) is 0 Å². The van der Waals surface area contributed by atoms with Gasteiger partial charge >= 0.3 is 0 Å². The zero-order chi connectivity index (χ0) is 10.7. The second-order valence-electron chi connectivity index (χ2n) is 2.80. The number of rotatable bonds is 2. The molecule has 0 saturated carbocycles. The average molecular weight is 283 g/mol. The third kappa shape index (κ3) is 2.43. The molecule has 0 aliphatic heterocycles. The van der Waals surface area contributed by atoms with E-state index in [1.165, 1.54) is 11.3 Å². The van der Waals surface area contributed by atoms with Crippen LogP contribution in [0, 0.1) is 0 Å². The first-order chi connectivity index (χ1) is 7.27. The van der Waals surface area contributed by atoms with Crippen molar-refractivity contribution in [1.29, 1.82) is 0 Å². The molecule has 1 aromatic heterocycles. The van der Waals surface area contributed by atoms with E-state index in [1.54, 1.807) is 11.7 Å². The van der Waals surface area contributed by atoms with Crippen molar-refractivity contribution in [3.8, 4) is 0 Å². The highest BCUT2D eigenvalue weighted by Gasteiger charge is 2.08. The van der Waals surface area contributed by atoms with Crippen molar-refractivity contribution in [3.05, 3.63) is 45.3 Å². The first kappa shape index (κ1) is 10.3. The SMILES string of the molecule is O=C(Nc1ccccc1Br)c1cncs1. The van der Waals surface area contributed by atoms with E-state index < -0.39 is 0 Å². The Morgan fingerprint density at radius 2 is 2.20 bits per heavy atom. The first-order valence-corrected chi connectivity index (χ1v) is 5.89. The van der Waals surface area contributed by atoms with Gasteiger partial charge in [0.05, 0.1) is 17.4 Å². The lowest BCUT2D eigenvalue weighted by Gasteiger charge is -2.04. The summed E-state index contributed by atoms with van der Waals surface area (Å²) in [6, 6.07) is 7.48. The smallest absolute Gasteiger partial charge is 0.267 e. The molecule has 0 fully saturated rings. The standard InChI is InChI=1S/C10H7BrN2OS/c11-7-3-1-2-4-8(7)13-10(14)9-5-12-6-15-9/h1-6H,(H,13,14). The van der Waals surface area contributed by atoms with E-state index in [1.807, 2.05) is 24.3 Å². The van der Waals surface area contributed by atoms with Gasteiger partial charge in [0.15, 0.2) is 0 Å². The molecule has 0 saturated heterocycles. The number of para-hydroxylation sites is 1. The zero-order valence-corrected chi connectivity index (χ0v) is 10.0. The van der Waals surface area contributed by atoms with Crippen LogP contribution in [0.5, 0.6) is 0 Å². The lowest BCUT2D eigenvalue weighted by Crippen LogP contribution is -2.10. The summed E-state index contributed by atoms with van der Waals surface area (Å²) in [6.07, 6.45) is 1.55. The fourth-order valence-corrected chi connectivity index (χ4v) is 1.97. The Morgan fingerprint density at radius 3 is 2.87 bits per heavy atom. The second kappa shape index (κ2) is 4.55. The van der Waals surface area contributed by atoms with Crippen molar-refractivity contribution >= 4 is 38.9 Å². The van der Waals surface area contributed by atoms with Crippen LogP contribution in [0.1, 0.15) is 9.67 Å². The van der Waals surface area contributed by atoms with E-state index in [0.717, 1.165) is 10.2 Å². The van der Waals surface area contributed by atoms with Gasteiger partial charge < -0.3 is 5.32 Å². The van der Waals surface area contributed by atoms with E-state index in [0.29, 0.717) is 4.88 Å². The van der Waals surface area contributed by atoms with Crippen LogP contribution < -0.4 is 5.32 Å². The Labute approximate surface area is 99.3 Å². The minimum atomic E-state index is -0.135. The molecule has 0 bridgehead atoms. The molecule has 2 rings (SSSR count). The summed E-state index contributed by atoms with van der Waals surface area (Å²) in [5.41, 5.74) is 2.39. The summed E-state index contributed by atoms with van der Waals surface area (Å²) < 4.78 is 0.864. The highest BCUT2D eigenvalue weighted by atomic mass is 79.9. The number of amides is 1. The number of hydrogen-bond acceptors (Lipinski definition) is 3. The Morgan fingerprint density at radius 1 is 1.40 bits per heavy atom. The van der Waals surface area contributed by atoms with Crippen molar-refractivity contribution in [2.45, 2.75) is 0 Å². The average Bonchev–Trinajstić information content (AvgIpc) is 2.74. The molecule has 1 aromatic carbocycles. The number of halogens is 1. The van der Waals surface area contributed by atoms with Crippen LogP contribution in [0.15, 0.2) is 40.4 Å². The number of aromatic nitrogens is 1. The molecule has 0 aliphatic rings. The summed E-state index contributed by atoms with van der Waals surface area (Å²) >= 11 is 4.68. The summed E-state index contributed by atoms with van der Waals surface area (Å²) in [5, 5.41) is 2.80. The number of nitrogens with zero attached hydrogens (tertiary/aromatic N) is 1. The number of benzene rings is 1. The van der Waals surface area contributed by atoms with Crippen molar-refractivity contribution in [2.24, 2.45) is 0 Å². The predicted molar refractivity (Wildman–Crippen MR) is 64.2 cm³/mol. The molecule has 0 unspecified atom stereocenters. The molecular weight excluding hydrogens is 276 g/mol. The molecule has 0 spiro atoms. The number of carbonyl (C=O) groups is 1. The van der Waals surface area contributed by atoms with Crippen LogP contribution in [0.2, 0.25) is 0 Å². The molecule has 0 aliphatic carbocycles. The number of nitrogens with one attached hydrogen (secondary N) is 1. The summed E-state index contributed by atoms with van der Waals surface area (Å²) in [5.74, 6) is -0.135. The highest BCUT2D eigenvalue weighted by molar-refractivity contribution is 9.10. The van der Waals surface area contributed by atoms with Crippen LogP contribution in [-0.2, 0) is 0 Å². The molecular formula is C10H7BrN2OS. The molecule has 1 N–H and O–H groups in total. The highest BCUT2D eigenvalue weighted by Crippen LogP contribution is 2.22. The molecule has 76 valence electrons. The van der Waals surface area contributed by atoms with Gasteiger partial charge in [0.1, 0.15) is 4.88 Å².